The number of aromatic carboxylic acids is 1. The fraction of sp³-hybridized carbons (Fsp3) is 0.375. The standard InChI is InChI=1S/C24H28N4O5S/c1-3-26(4-2)23(29)21-16-22-20(6-5-13-28(22)25-21)17-11-14-27(15-12-17)34(32,33)19-9-7-18(8-10-19)24(30)31/h5-10,13,16-17H,3-4,11-12,14-15H2,1-2H3,(H,30,31). The van der Waals surface area contributed by atoms with Gasteiger partial charge < -0.3 is 10.0 Å². The highest BCUT2D eigenvalue weighted by atomic mass is 32.2. The molecule has 1 saturated heterocycles. The summed E-state index contributed by atoms with van der Waals surface area (Å²) < 4.78 is 29.3. The fourth-order valence-corrected chi connectivity index (χ4v) is 5.96. The van der Waals surface area contributed by atoms with Crippen LogP contribution in [-0.2, 0) is 10.0 Å². The molecule has 1 aromatic carbocycles. The van der Waals surface area contributed by atoms with E-state index in [1.54, 1.807) is 9.42 Å². The van der Waals surface area contributed by atoms with E-state index in [4.69, 9.17) is 5.11 Å². The minimum absolute atomic E-state index is 0.0467. The van der Waals surface area contributed by atoms with Crippen molar-refractivity contribution in [2.45, 2.75) is 37.5 Å². The van der Waals surface area contributed by atoms with E-state index in [-0.39, 0.29) is 22.3 Å². The highest BCUT2D eigenvalue weighted by Gasteiger charge is 2.31. The Morgan fingerprint density at radius 1 is 1.09 bits per heavy atom. The Labute approximate surface area is 198 Å². The van der Waals surface area contributed by atoms with Gasteiger partial charge in [-0.2, -0.15) is 9.40 Å². The Hall–Kier alpha value is -3.24. The maximum atomic E-state index is 13.0. The summed E-state index contributed by atoms with van der Waals surface area (Å²) >= 11 is 0. The van der Waals surface area contributed by atoms with Gasteiger partial charge in [-0.1, -0.05) is 6.07 Å². The number of sulfonamides is 1. The van der Waals surface area contributed by atoms with E-state index in [1.165, 1.54) is 28.6 Å². The molecule has 0 atom stereocenters. The summed E-state index contributed by atoms with van der Waals surface area (Å²) in [4.78, 5) is 25.6. The van der Waals surface area contributed by atoms with E-state index in [0.29, 0.717) is 44.7 Å². The second-order valence-electron chi connectivity index (χ2n) is 8.31. The van der Waals surface area contributed by atoms with Gasteiger partial charge in [0.05, 0.1) is 16.0 Å². The van der Waals surface area contributed by atoms with Gasteiger partial charge in [0.25, 0.3) is 5.91 Å². The van der Waals surface area contributed by atoms with Gasteiger partial charge in [0, 0.05) is 32.4 Å². The fourth-order valence-electron chi connectivity index (χ4n) is 4.49. The minimum Gasteiger partial charge on any atom is -0.478 e. The predicted molar refractivity (Wildman–Crippen MR) is 127 cm³/mol. The van der Waals surface area contributed by atoms with Crippen LogP contribution in [0.4, 0.5) is 0 Å². The first kappa shape index (κ1) is 23.9. The third kappa shape index (κ3) is 4.43. The molecule has 0 saturated carbocycles. The van der Waals surface area contributed by atoms with Crippen LogP contribution in [0.15, 0.2) is 53.6 Å². The normalized spacial score (nSPS) is 15.5. The Kier molecular flexibility index (Phi) is 6.72. The van der Waals surface area contributed by atoms with Gasteiger partial charge in [0.15, 0.2) is 5.69 Å². The van der Waals surface area contributed by atoms with Crippen LogP contribution in [0.3, 0.4) is 0 Å². The number of nitrogens with zero attached hydrogens (tertiary/aromatic N) is 4. The van der Waals surface area contributed by atoms with Gasteiger partial charge in [-0.3, -0.25) is 4.79 Å². The smallest absolute Gasteiger partial charge is 0.335 e. The van der Waals surface area contributed by atoms with Crippen molar-refractivity contribution in [2.75, 3.05) is 26.2 Å². The number of carbonyl (C=O) groups excluding carboxylic acids is 1. The number of carboxylic acid groups (broad SMARTS) is 1. The number of carboxylic acids is 1. The Morgan fingerprint density at radius 3 is 2.32 bits per heavy atom. The van der Waals surface area contributed by atoms with Crippen LogP contribution in [0.2, 0.25) is 0 Å². The number of carbonyl (C=O) groups is 2. The molecule has 0 bridgehead atoms. The molecule has 0 aliphatic carbocycles. The summed E-state index contributed by atoms with van der Waals surface area (Å²) in [5.41, 5.74) is 2.37. The van der Waals surface area contributed by atoms with Crippen molar-refractivity contribution in [3.8, 4) is 0 Å². The number of benzene rings is 1. The molecule has 3 aromatic rings. The van der Waals surface area contributed by atoms with Crippen molar-refractivity contribution in [3.63, 3.8) is 0 Å². The molecule has 3 heterocycles. The van der Waals surface area contributed by atoms with E-state index in [0.717, 1.165) is 11.1 Å². The van der Waals surface area contributed by atoms with Crippen molar-refractivity contribution >= 4 is 27.4 Å². The highest BCUT2D eigenvalue weighted by Crippen LogP contribution is 2.33. The number of pyridine rings is 1. The molecule has 1 N–H and O–H groups in total. The number of fused-ring (bicyclic) bond motifs is 1. The van der Waals surface area contributed by atoms with Gasteiger partial charge in [-0.15, -0.1) is 0 Å². The molecule has 34 heavy (non-hydrogen) atoms. The van der Waals surface area contributed by atoms with E-state index in [2.05, 4.69) is 5.10 Å². The molecule has 1 fully saturated rings. The first-order valence-electron chi connectivity index (χ1n) is 11.4. The highest BCUT2D eigenvalue weighted by molar-refractivity contribution is 7.89. The van der Waals surface area contributed by atoms with Gasteiger partial charge in [0.2, 0.25) is 10.0 Å². The first-order chi connectivity index (χ1) is 16.3. The lowest BCUT2D eigenvalue weighted by Crippen LogP contribution is -2.38. The molecule has 0 unspecified atom stereocenters. The van der Waals surface area contributed by atoms with Crippen molar-refractivity contribution in [3.05, 3.63) is 65.5 Å². The second kappa shape index (κ2) is 9.55. The second-order valence-corrected chi connectivity index (χ2v) is 10.2. The lowest BCUT2D eigenvalue weighted by atomic mass is 9.90. The molecule has 1 aliphatic heterocycles. The molecule has 0 radical (unpaired) electrons. The number of aromatic nitrogens is 2. The first-order valence-corrected chi connectivity index (χ1v) is 12.8. The average molecular weight is 485 g/mol. The Bertz CT molecular complexity index is 1300. The van der Waals surface area contributed by atoms with Crippen LogP contribution >= 0.6 is 0 Å². The molecule has 2 aromatic heterocycles. The largest absolute Gasteiger partial charge is 0.478 e. The SMILES string of the molecule is CCN(CC)C(=O)c1cc2c(C3CCN(S(=O)(=O)c4ccc(C(=O)O)cc4)CC3)cccn2n1. The Balaban J connectivity index is 1.52. The van der Waals surface area contributed by atoms with E-state index >= 15 is 0 Å². The van der Waals surface area contributed by atoms with Gasteiger partial charge >= 0.3 is 5.97 Å². The topological polar surface area (TPSA) is 112 Å². The lowest BCUT2D eigenvalue weighted by molar-refractivity contribution is 0.0695. The van der Waals surface area contributed by atoms with Crippen LogP contribution < -0.4 is 0 Å². The maximum absolute atomic E-state index is 13.0. The lowest BCUT2D eigenvalue weighted by Gasteiger charge is -2.31. The zero-order chi connectivity index (χ0) is 24.5. The van der Waals surface area contributed by atoms with Crippen molar-refractivity contribution in [2.24, 2.45) is 0 Å². The molecule has 1 aliphatic rings. The van der Waals surface area contributed by atoms with E-state index in [1.807, 2.05) is 38.2 Å². The summed E-state index contributed by atoms with van der Waals surface area (Å²) in [6, 6.07) is 11.0. The van der Waals surface area contributed by atoms with Crippen LogP contribution in [0.5, 0.6) is 0 Å². The van der Waals surface area contributed by atoms with Crippen molar-refractivity contribution in [1.29, 1.82) is 0 Å². The zero-order valence-corrected chi connectivity index (χ0v) is 20.0. The molecular formula is C24H28N4O5S. The quantitative estimate of drug-likeness (QED) is 0.552. The summed E-state index contributed by atoms with van der Waals surface area (Å²) in [6.07, 6.45) is 3.09. The molecule has 10 heteroatoms. The molecular weight excluding hydrogens is 456 g/mol. The molecule has 9 nitrogen and oxygen atoms in total. The third-order valence-electron chi connectivity index (χ3n) is 6.44. The summed E-state index contributed by atoms with van der Waals surface area (Å²) in [6.45, 7) is 5.81. The van der Waals surface area contributed by atoms with Crippen molar-refractivity contribution < 1.29 is 23.1 Å². The van der Waals surface area contributed by atoms with Crippen LogP contribution in [0, 0.1) is 0 Å². The predicted octanol–water partition coefficient (Wildman–Crippen LogP) is 3.08. The Morgan fingerprint density at radius 2 is 1.74 bits per heavy atom. The zero-order valence-electron chi connectivity index (χ0n) is 19.2. The minimum atomic E-state index is -3.70. The third-order valence-corrected chi connectivity index (χ3v) is 8.35. The summed E-state index contributed by atoms with van der Waals surface area (Å²) in [5, 5.41) is 13.5. The van der Waals surface area contributed by atoms with Crippen LogP contribution in [0.1, 0.15) is 59.0 Å². The van der Waals surface area contributed by atoms with Gasteiger partial charge in [-0.05, 0) is 74.6 Å². The summed E-state index contributed by atoms with van der Waals surface area (Å²) in [7, 11) is -3.70. The van der Waals surface area contributed by atoms with E-state index < -0.39 is 16.0 Å². The molecule has 180 valence electrons. The number of hydrogen-bond donors (Lipinski definition) is 1. The number of rotatable bonds is 7. The van der Waals surface area contributed by atoms with Crippen LogP contribution in [-0.4, -0.2) is 70.4 Å². The number of piperidine rings is 1. The maximum Gasteiger partial charge on any atom is 0.335 e. The summed E-state index contributed by atoms with van der Waals surface area (Å²) in [5.74, 6) is -1.06. The van der Waals surface area contributed by atoms with E-state index in [9.17, 15) is 18.0 Å². The molecule has 1 amide bonds. The number of hydrogen-bond acceptors (Lipinski definition) is 5. The number of amides is 1. The van der Waals surface area contributed by atoms with Gasteiger partial charge in [0.1, 0.15) is 0 Å². The van der Waals surface area contributed by atoms with Gasteiger partial charge in [-0.25, -0.2) is 17.7 Å². The molecule has 4 rings (SSSR count). The average Bonchev–Trinajstić information content (AvgIpc) is 3.29. The molecule has 0 spiro atoms. The van der Waals surface area contributed by atoms with Crippen LogP contribution in [0.25, 0.3) is 5.52 Å². The van der Waals surface area contributed by atoms with Crippen molar-refractivity contribution in [1.82, 2.24) is 18.8 Å². The monoisotopic (exact) mass is 484 g/mol.